The number of aromatic nitrogens is 3. The lowest BCUT2D eigenvalue weighted by Crippen LogP contribution is -2.28. The van der Waals surface area contributed by atoms with Gasteiger partial charge in [0.1, 0.15) is 0 Å². The number of para-hydroxylation sites is 1. The molecule has 1 unspecified atom stereocenters. The van der Waals surface area contributed by atoms with Crippen LogP contribution < -0.4 is 5.32 Å². The van der Waals surface area contributed by atoms with Gasteiger partial charge >= 0.3 is 0 Å². The highest BCUT2D eigenvalue weighted by Gasteiger charge is 2.15. The standard InChI is InChI=1S/C24H24N4O/c1-16-21-6-4-5-7-23(21)26-18(3)22(16)14-24(29)27-17(2)19-8-10-20(11-9-19)28-13-12-25-15-28/h4-13,15,17H,14H2,1-3H3,(H,27,29). The predicted octanol–water partition coefficient (Wildman–Crippen LogP) is 4.46. The van der Waals surface area contributed by atoms with Gasteiger partial charge in [0.25, 0.3) is 0 Å². The third-order valence-electron chi connectivity index (χ3n) is 5.40. The molecule has 4 aromatic rings. The highest BCUT2D eigenvalue weighted by molar-refractivity contribution is 5.86. The van der Waals surface area contributed by atoms with Gasteiger partial charge in [0, 0.05) is 29.2 Å². The zero-order chi connectivity index (χ0) is 20.4. The molecule has 2 aromatic carbocycles. The van der Waals surface area contributed by atoms with Crippen molar-refractivity contribution in [1.82, 2.24) is 19.9 Å². The van der Waals surface area contributed by atoms with Crippen LogP contribution in [0.25, 0.3) is 16.6 Å². The Hall–Kier alpha value is -3.47. The monoisotopic (exact) mass is 384 g/mol. The molecule has 0 aliphatic heterocycles. The summed E-state index contributed by atoms with van der Waals surface area (Å²) in [5.74, 6) is -0.000493. The Balaban J connectivity index is 1.48. The number of pyridine rings is 1. The number of hydrogen-bond donors (Lipinski definition) is 1. The first-order chi connectivity index (χ1) is 14.0. The van der Waals surface area contributed by atoms with E-state index < -0.39 is 0 Å². The Morgan fingerprint density at radius 2 is 1.86 bits per heavy atom. The van der Waals surface area contributed by atoms with E-state index in [1.807, 2.05) is 67.1 Å². The highest BCUT2D eigenvalue weighted by atomic mass is 16.1. The molecule has 2 heterocycles. The zero-order valence-electron chi connectivity index (χ0n) is 16.9. The molecular formula is C24H24N4O. The lowest BCUT2D eigenvalue weighted by atomic mass is 9.99. The Bertz CT molecular complexity index is 1150. The largest absolute Gasteiger partial charge is 0.349 e. The topological polar surface area (TPSA) is 59.8 Å². The average Bonchev–Trinajstić information content (AvgIpc) is 3.26. The Kier molecular flexibility index (Phi) is 5.12. The SMILES string of the molecule is Cc1nc2ccccc2c(C)c1CC(=O)NC(C)c1ccc(-n2ccnc2)cc1. The van der Waals surface area contributed by atoms with Gasteiger partial charge in [-0.2, -0.15) is 0 Å². The van der Waals surface area contributed by atoms with Crippen molar-refractivity contribution in [3.63, 3.8) is 0 Å². The Morgan fingerprint density at radius 3 is 2.59 bits per heavy atom. The van der Waals surface area contributed by atoms with Crippen molar-refractivity contribution in [3.05, 3.63) is 89.6 Å². The third-order valence-corrected chi connectivity index (χ3v) is 5.40. The van der Waals surface area contributed by atoms with Crippen LogP contribution in [0.15, 0.2) is 67.3 Å². The highest BCUT2D eigenvalue weighted by Crippen LogP contribution is 2.23. The summed E-state index contributed by atoms with van der Waals surface area (Å²) in [6.45, 7) is 6.04. The van der Waals surface area contributed by atoms with Crippen LogP contribution in [0.1, 0.15) is 35.3 Å². The molecule has 0 bridgehead atoms. The summed E-state index contributed by atoms with van der Waals surface area (Å²) in [7, 11) is 0. The molecule has 29 heavy (non-hydrogen) atoms. The van der Waals surface area contributed by atoms with Gasteiger partial charge in [0.15, 0.2) is 0 Å². The Morgan fingerprint density at radius 1 is 1.10 bits per heavy atom. The maximum Gasteiger partial charge on any atom is 0.224 e. The molecule has 1 atom stereocenters. The number of carbonyl (C=O) groups is 1. The first-order valence-electron chi connectivity index (χ1n) is 9.75. The molecule has 1 N–H and O–H groups in total. The van der Waals surface area contributed by atoms with Crippen molar-refractivity contribution < 1.29 is 4.79 Å². The maximum absolute atomic E-state index is 12.7. The number of carbonyl (C=O) groups excluding carboxylic acids is 1. The number of aryl methyl sites for hydroxylation is 2. The van der Waals surface area contributed by atoms with Gasteiger partial charge in [-0.05, 0) is 55.7 Å². The zero-order valence-corrected chi connectivity index (χ0v) is 16.9. The van der Waals surface area contributed by atoms with Crippen LogP contribution in [-0.2, 0) is 11.2 Å². The Labute approximate surface area is 170 Å². The third kappa shape index (κ3) is 3.90. The number of rotatable bonds is 5. The smallest absolute Gasteiger partial charge is 0.224 e. The molecular weight excluding hydrogens is 360 g/mol. The maximum atomic E-state index is 12.7. The second-order valence-corrected chi connectivity index (χ2v) is 7.35. The molecule has 0 radical (unpaired) electrons. The summed E-state index contributed by atoms with van der Waals surface area (Å²) in [5, 5.41) is 4.22. The molecule has 0 aliphatic carbocycles. The fraction of sp³-hybridized carbons (Fsp3) is 0.208. The molecule has 0 spiro atoms. The molecule has 0 fully saturated rings. The van der Waals surface area contributed by atoms with Crippen molar-refractivity contribution in [2.24, 2.45) is 0 Å². The van der Waals surface area contributed by atoms with Crippen molar-refractivity contribution in [3.8, 4) is 5.69 Å². The second-order valence-electron chi connectivity index (χ2n) is 7.35. The van der Waals surface area contributed by atoms with Crippen LogP contribution in [0.3, 0.4) is 0 Å². The number of imidazole rings is 1. The number of hydrogen-bond acceptors (Lipinski definition) is 3. The van der Waals surface area contributed by atoms with Gasteiger partial charge in [-0.1, -0.05) is 30.3 Å². The number of nitrogens with one attached hydrogen (secondary N) is 1. The number of fused-ring (bicyclic) bond motifs is 1. The van der Waals surface area contributed by atoms with E-state index in [9.17, 15) is 4.79 Å². The quantitative estimate of drug-likeness (QED) is 0.553. The summed E-state index contributed by atoms with van der Waals surface area (Å²) in [5.41, 5.74) is 6.11. The van der Waals surface area contributed by atoms with E-state index >= 15 is 0 Å². The van der Waals surface area contributed by atoms with Crippen LogP contribution >= 0.6 is 0 Å². The number of amides is 1. The minimum Gasteiger partial charge on any atom is -0.349 e. The normalized spacial score (nSPS) is 12.1. The molecule has 0 aliphatic rings. The molecule has 2 aromatic heterocycles. The molecule has 0 saturated heterocycles. The lowest BCUT2D eigenvalue weighted by molar-refractivity contribution is -0.121. The van der Waals surface area contributed by atoms with Gasteiger partial charge in [0.2, 0.25) is 5.91 Å². The summed E-state index contributed by atoms with van der Waals surface area (Å²) < 4.78 is 1.95. The number of benzene rings is 2. The predicted molar refractivity (Wildman–Crippen MR) is 115 cm³/mol. The van der Waals surface area contributed by atoms with Crippen LogP contribution in [0.4, 0.5) is 0 Å². The van der Waals surface area contributed by atoms with E-state index in [1.165, 1.54) is 0 Å². The molecule has 146 valence electrons. The molecule has 1 amide bonds. The minimum atomic E-state index is -0.0756. The van der Waals surface area contributed by atoms with Gasteiger partial charge < -0.3 is 9.88 Å². The fourth-order valence-corrected chi connectivity index (χ4v) is 3.71. The van der Waals surface area contributed by atoms with Crippen LogP contribution in [-0.4, -0.2) is 20.4 Å². The second kappa shape index (κ2) is 7.87. The van der Waals surface area contributed by atoms with Crippen molar-refractivity contribution in [1.29, 1.82) is 0 Å². The fourth-order valence-electron chi connectivity index (χ4n) is 3.71. The van der Waals surface area contributed by atoms with E-state index in [0.29, 0.717) is 6.42 Å². The lowest BCUT2D eigenvalue weighted by Gasteiger charge is -2.17. The van der Waals surface area contributed by atoms with E-state index in [-0.39, 0.29) is 11.9 Å². The molecule has 0 saturated carbocycles. The summed E-state index contributed by atoms with van der Waals surface area (Å²) >= 11 is 0. The van der Waals surface area contributed by atoms with Gasteiger partial charge in [-0.3, -0.25) is 9.78 Å². The summed E-state index contributed by atoms with van der Waals surface area (Å²) in [6, 6.07) is 16.1. The van der Waals surface area contributed by atoms with Crippen molar-refractivity contribution >= 4 is 16.8 Å². The minimum absolute atomic E-state index is 0.000493. The van der Waals surface area contributed by atoms with Gasteiger partial charge in [0.05, 0.1) is 24.3 Å². The molecule has 4 rings (SSSR count). The summed E-state index contributed by atoms with van der Waals surface area (Å²) in [6.07, 6.45) is 5.75. The summed E-state index contributed by atoms with van der Waals surface area (Å²) in [4.78, 5) is 21.5. The molecule has 5 nitrogen and oxygen atoms in total. The number of nitrogens with zero attached hydrogens (tertiary/aromatic N) is 3. The van der Waals surface area contributed by atoms with Crippen molar-refractivity contribution in [2.45, 2.75) is 33.2 Å². The van der Waals surface area contributed by atoms with Crippen LogP contribution in [0.2, 0.25) is 0 Å². The van der Waals surface area contributed by atoms with Crippen molar-refractivity contribution in [2.75, 3.05) is 0 Å². The van der Waals surface area contributed by atoms with E-state index in [0.717, 1.165) is 39.0 Å². The van der Waals surface area contributed by atoms with E-state index in [1.54, 1.807) is 12.5 Å². The van der Waals surface area contributed by atoms with Gasteiger partial charge in [-0.15, -0.1) is 0 Å². The first-order valence-corrected chi connectivity index (χ1v) is 9.75. The van der Waals surface area contributed by atoms with Crippen LogP contribution in [0.5, 0.6) is 0 Å². The van der Waals surface area contributed by atoms with Gasteiger partial charge in [-0.25, -0.2) is 4.98 Å². The van der Waals surface area contributed by atoms with Crippen LogP contribution in [0, 0.1) is 13.8 Å². The van der Waals surface area contributed by atoms with E-state index in [2.05, 4.69) is 28.3 Å². The average molecular weight is 384 g/mol. The molecule has 5 heteroatoms. The van der Waals surface area contributed by atoms with E-state index in [4.69, 9.17) is 0 Å². The first kappa shape index (κ1) is 18.9.